The second-order valence-corrected chi connectivity index (χ2v) is 3.56. The first-order valence-electron chi connectivity index (χ1n) is 4.72. The van der Waals surface area contributed by atoms with Gasteiger partial charge in [-0.1, -0.05) is 0 Å². The van der Waals surface area contributed by atoms with E-state index in [2.05, 4.69) is 4.98 Å². The van der Waals surface area contributed by atoms with Gasteiger partial charge in [-0.3, -0.25) is 9.55 Å². The summed E-state index contributed by atoms with van der Waals surface area (Å²) in [5.41, 5.74) is 9.07. The number of pyridine rings is 1. The predicted octanol–water partition coefficient (Wildman–Crippen LogP) is 1.38. The number of carbonyl (C=O) groups excluding carboxylic acids is 1. The van der Waals surface area contributed by atoms with Crippen LogP contribution < -0.4 is 5.73 Å². The first-order chi connectivity index (χ1) is 7.27. The number of amides is 1. The number of nitrogens with zero attached hydrogens (tertiary/aromatic N) is 2. The summed E-state index contributed by atoms with van der Waals surface area (Å²) >= 11 is 0. The number of aromatic nitrogens is 2. The third kappa shape index (κ3) is 1.01. The third-order valence-electron chi connectivity index (χ3n) is 2.70. The van der Waals surface area contributed by atoms with E-state index in [0.29, 0.717) is 6.42 Å². The molecule has 4 nitrogen and oxygen atoms in total. The van der Waals surface area contributed by atoms with Crippen LogP contribution in [0.25, 0.3) is 11.3 Å². The molecule has 2 aromatic heterocycles. The molecule has 1 amide bonds. The highest BCUT2D eigenvalue weighted by Crippen LogP contribution is 2.31. The van der Waals surface area contributed by atoms with Gasteiger partial charge >= 0.3 is 6.03 Å². The van der Waals surface area contributed by atoms with E-state index in [0.717, 1.165) is 22.6 Å². The number of rotatable bonds is 0. The maximum Gasteiger partial charge on any atom is 0.323 e. The summed E-state index contributed by atoms with van der Waals surface area (Å²) in [5, 5.41) is 0. The average Bonchev–Trinajstić information content (AvgIpc) is 2.55. The lowest BCUT2D eigenvalue weighted by Gasteiger charge is -2.17. The van der Waals surface area contributed by atoms with Crippen molar-refractivity contribution in [3.05, 3.63) is 41.9 Å². The van der Waals surface area contributed by atoms with E-state index in [-0.39, 0.29) is 0 Å². The van der Waals surface area contributed by atoms with Crippen LogP contribution in [-0.4, -0.2) is 15.6 Å². The van der Waals surface area contributed by atoms with Crippen LogP contribution in [0.15, 0.2) is 30.5 Å². The molecule has 0 fully saturated rings. The van der Waals surface area contributed by atoms with Crippen LogP contribution >= 0.6 is 0 Å². The summed E-state index contributed by atoms with van der Waals surface area (Å²) in [6, 6.07) is 7.22. The molecule has 0 radical (unpaired) electrons. The molecule has 0 unspecified atom stereocenters. The van der Waals surface area contributed by atoms with Crippen molar-refractivity contribution in [1.29, 1.82) is 0 Å². The van der Waals surface area contributed by atoms with Crippen LogP contribution in [0, 0.1) is 0 Å². The van der Waals surface area contributed by atoms with Gasteiger partial charge in [0, 0.05) is 23.9 Å². The van der Waals surface area contributed by atoms with Gasteiger partial charge in [-0.25, -0.2) is 4.79 Å². The van der Waals surface area contributed by atoms with E-state index in [1.54, 1.807) is 10.8 Å². The standard InChI is InChI=1S/C11H9N3O/c12-11(15)14-7-3-4-10(14)8-2-1-5-13-9(8)6-7/h1-5H,6H2,(H2,12,15). The van der Waals surface area contributed by atoms with Crippen molar-refractivity contribution in [1.82, 2.24) is 9.55 Å². The minimum Gasteiger partial charge on any atom is -0.351 e. The quantitative estimate of drug-likeness (QED) is 0.594. The lowest BCUT2D eigenvalue weighted by atomic mass is 10.1. The van der Waals surface area contributed by atoms with Gasteiger partial charge in [0.05, 0.1) is 11.4 Å². The molecule has 1 aliphatic rings. The molecule has 74 valence electrons. The van der Waals surface area contributed by atoms with Gasteiger partial charge < -0.3 is 5.73 Å². The number of nitrogens with two attached hydrogens (primary N) is 1. The zero-order chi connectivity index (χ0) is 10.4. The second kappa shape index (κ2) is 2.70. The lowest BCUT2D eigenvalue weighted by Crippen LogP contribution is -2.25. The van der Waals surface area contributed by atoms with Gasteiger partial charge in [0.15, 0.2) is 0 Å². The van der Waals surface area contributed by atoms with E-state index in [4.69, 9.17) is 5.73 Å². The molecule has 2 N–H and O–H groups in total. The summed E-state index contributed by atoms with van der Waals surface area (Å²) in [7, 11) is 0. The van der Waals surface area contributed by atoms with E-state index in [9.17, 15) is 4.79 Å². The van der Waals surface area contributed by atoms with Crippen LogP contribution in [0.2, 0.25) is 0 Å². The topological polar surface area (TPSA) is 60.9 Å². The molecule has 0 saturated heterocycles. The van der Waals surface area contributed by atoms with Gasteiger partial charge in [0.1, 0.15) is 0 Å². The molecule has 1 aliphatic heterocycles. The summed E-state index contributed by atoms with van der Waals surface area (Å²) in [6.07, 6.45) is 2.43. The molecule has 3 heterocycles. The zero-order valence-corrected chi connectivity index (χ0v) is 7.97. The highest BCUT2D eigenvalue weighted by atomic mass is 16.2. The lowest BCUT2D eigenvalue weighted by molar-refractivity contribution is 0.250. The van der Waals surface area contributed by atoms with Crippen LogP contribution in [0.1, 0.15) is 11.4 Å². The Bertz CT molecular complexity index is 557. The van der Waals surface area contributed by atoms with Crippen LogP contribution in [0.3, 0.4) is 0 Å². The SMILES string of the molecule is NC(=O)n1c2ccc1-c1cccnc1C2. The molecule has 0 aromatic carbocycles. The van der Waals surface area contributed by atoms with E-state index >= 15 is 0 Å². The molecular formula is C11H9N3O. The van der Waals surface area contributed by atoms with Gasteiger partial charge in [-0.15, -0.1) is 0 Å². The van der Waals surface area contributed by atoms with E-state index < -0.39 is 6.03 Å². The molecule has 15 heavy (non-hydrogen) atoms. The molecule has 0 aliphatic carbocycles. The third-order valence-corrected chi connectivity index (χ3v) is 2.70. The van der Waals surface area contributed by atoms with Gasteiger partial charge in [0.2, 0.25) is 0 Å². The summed E-state index contributed by atoms with van der Waals surface area (Å²) in [4.78, 5) is 15.6. The molecular weight excluding hydrogens is 190 g/mol. The van der Waals surface area contributed by atoms with Crippen LogP contribution in [0.4, 0.5) is 4.79 Å². The predicted molar refractivity (Wildman–Crippen MR) is 55.5 cm³/mol. The number of fused-ring (bicyclic) bond motifs is 4. The Balaban J connectivity index is 2.32. The van der Waals surface area contributed by atoms with Crippen molar-refractivity contribution in [2.24, 2.45) is 5.73 Å². The number of primary amides is 1. The van der Waals surface area contributed by atoms with Crippen molar-refractivity contribution in [3.8, 4) is 11.3 Å². The molecule has 2 bridgehead atoms. The fourth-order valence-electron chi connectivity index (χ4n) is 2.07. The zero-order valence-electron chi connectivity index (χ0n) is 7.97. The van der Waals surface area contributed by atoms with Crippen molar-refractivity contribution < 1.29 is 4.79 Å². The van der Waals surface area contributed by atoms with Crippen LogP contribution in [-0.2, 0) is 6.42 Å². The number of hydrogen-bond donors (Lipinski definition) is 1. The Labute approximate surface area is 86.4 Å². The monoisotopic (exact) mass is 199 g/mol. The van der Waals surface area contributed by atoms with Gasteiger partial charge in [-0.05, 0) is 24.3 Å². The summed E-state index contributed by atoms with van der Waals surface area (Å²) in [6.45, 7) is 0. The average molecular weight is 199 g/mol. The smallest absolute Gasteiger partial charge is 0.323 e. The Morgan fingerprint density at radius 3 is 3.07 bits per heavy atom. The molecule has 4 heteroatoms. The Kier molecular flexibility index (Phi) is 1.48. The minimum absolute atomic E-state index is 0.431. The Hall–Kier alpha value is -2.10. The van der Waals surface area contributed by atoms with Crippen molar-refractivity contribution in [2.75, 3.05) is 0 Å². The first kappa shape index (κ1) is 8.23. The fourth-order valence-corrected chi connectivity index (χ4v) is 2.07. The Morgan fingerprint density at radius 1 is 1.40 bits per heavy atom. The first-order valence-corrected chi connectivity index (χ1v) is 4.72. The van der Waals surface area contributed by atoms with Crippen molar-refractivity contribution in [3.63, 3.8) is 0 Å². The van der Waals surface area contributed by atoms with Crippen molar-refractivity contribution in [2.45, 2.75) is 6.42 Å². The van der Waals surface area contributed by atoms with Crippen molar-refractivity contribution >= 4 is 6.03 Å². The molecule has 0 atom stereocenters. The largest absolute Gasteiger partial charge is 0.351 e. The molecule has 3 rings (SSSR count). The maximum atomic E-state index is 11.3. The molecule has 2 aromatic rings. The highest BCUT2D eigenvalue weighted by molar-refractivity contribution is 5.84. The number of carbonyl (C=O) groups is 1. The number of hydrogen-bond acceptors (Lipinski definition) is 2. The minimum atomic E-state index is -0.431. The normalized spacial score (nSPS) is 12.3. The highest BCUT2D eigenvalue weighted by Gasteiger charge is 2.22. The van der Waals surface area contributed by atoms with E-state index in [1.165, 1.54) is 0 Å². The van der Waals surface area contributed by atoms with Gasteiger partial charge in [0.25, 0.3) is 0 Å². The van der Waals surface area contributed by atoms with E-state index in [1.807, 2.05) is 24.3 Å². The summed E-state index contributed by atoms with van der Waals surface area (Å²) in [5.74, 6) is 0. The molecule has 0 saturated carbocycles. The maximum absolute atomic E-state index is 11.3. The Morgan fingerprint density at radius 2 is 2.27 bits per heavy atom. The summed E-state index contributed by atoms with van der Waals surface area (Å²) < 4.78 is 1.55. The fraction of sp³-hybridized carbons (Fsp3) is 0.0909. The second-order valence-electron chi connectivity index (χ2n) is 3.56. The molecule has 0 spiro atoms. The van der Waals surface area contributed by atoms with Crippen LogP contribution in [0.5, 0.6) is 0 Å². The van der Waals surface area contributed by atoms with Gasteiger partial charge in [-0.2, -0.15) is 0 Å².